The van der Waals surface area contributed by atoms with Gasteiger partial charge in [-0.3, -0.25) is 14.5 Å². The van der Waals surface area contributed by atoms with Gasteiger partial charge < -0.3 is 24.1 Å². The van der Waals surface area contributed by atoms with Crippen molar-refractivity contribution < 1.29 is 82.6 Å². The molecule has 0 amide bonds. The van der Waals surface area contributed by atoms with Gasteiger partial charge in [0.25, 0.3) is 0 Å². The molecule has 1 saturated heterocycles. The fraction of sp³-hybridized carbons (Fsp3) is 0.554. The number of esters is 1. The predicted octanol–water partition coefficient (Wildman–Crippen LogP) is 8.85. The number of nitrogens with zero attached hydrogens (tertiary/aromatic N) is 1. The summed E-state index contributed by atoms with van der Waals surface area (Å²) in [5, 5.41) is 13.6. The van der Waals surface area contributed by atoms with Crippen LogP contribution >= 0.6 is 45.2 Å². The van der Waals surface area contributed by atoms with Gasteiger partial charge in [-0.1, -0.05) is 90.1 Å². The average Bonchev–Trinajstić information content (AvgIpc) is 3.30. The molecule has 2 aliphatic carbocycles. The van der Waals surface area contributed by atoms with Crippen LogP contribution in [0.3, 0.4) is 0 Å². The smallest absolute Gasteiger partial charge is 0.550 e. The summed E-state index contributed by atoms with van der Waals surface area (Å²) in [5.74, 6) is 0.988. The summed E-state index contributed by atoms with van der Waals surface area (Å²) in [4.78, 5) is 62.6. The Morgan fingerprint density at radius 3 is 1.44 bits per heavy atom. The predicted molar refractivity (Wildman–Crippen MR) is 295 cm³/mol. The van der Waals surface area contributed by atoms with Crippen LogP contribution in [-0.2, 0) is 40.2 Å². The SMILES string of the molecule is CC(=O)OOC(C)=O.CC(=O)[O-].CC(C)(C)C1CCC(Oc2cc(I)c3ccccc3c2C=O)CC1.CCOC(=O)C1CCN(Cc2c(OC3CCC(C(C)(C)C)CC3)cc(I)c3ccccc23)CC1.[B].[Na+]. The van der Waals surface area contributed by atoms with E-state index in [9.17, 15) is 19.2 Å². The molecule has 16 heteroatoms. The van der Waals surface area contributed by atoms with Crippen molar-refractivity contribution in [3.05, 3.63) is 78.9 Å². The number of carboxylic acid groups (broad SMARTS) is 1. The summed E-state index contributed by atoms with van der Waals surface area (Å²) in [6.45, 7) is 22.4. The fourth-order valence-corrected chi connectivity index (χ4v) is 11.1. The molecule has 3 aliphatic rings. The molecule has 4 aromatic rings. The molecule has 4 aromatic carbocycles. The van der Waals surface area contributed by atoms with E-state index >= 15 is 0 Å². The summed E-state index contributed by atoms with van der Waals surface area (Å²) in [6.07, 6.45) is 12.5. The van der Waals surface area contributed by atoms with Gasteiger partial charge in [0.05, 0.1) is 30.3 Å². The zero-order valence-corrected chi connectivity index (χ0v) is 50.7. The third-order valence-electron chi connectivity index (χ3n) is 13.4. The summed E-state index contributed by atoms with van der Waals surface area (Å²) in [6, 6.07) is 21.0. The molecule has 0 unspecified atom stereocenters. The number of carbonyl (C=O) groups excluding carboxylic acids is 5. The first-order valence-electron chi connectivity index (χ1n) is 24.6. The Labute approximate surface area is 479 Å². The Kier molecular flexibility index (Phi) is 28.2. The van der Waals surface area contributed by atoms with Gasteiger partial charge in [0.15, 0.2) is 6.29 Å². The number of hydrogen-bond donors (Lipinski definition) is 0. The van der Waals surface area contributed by atoms with Gasteiger partial charge in [0, 0.05) is 47.5 Å². The molecule has 3 radical (unpaired) electrons. The summed E-state index contributed by atoms with van der Waals surface area (Å²) in [5.41, 5.74) is 2.73. The number of fused-ring (bicyclic) bond motifs is 2. The third kappa shape index (κ3) is 20.6. The molecule has 387 valence electrons. The first-order chi connectivity index (χ1) is 33.0. The van der Waals surface area contributed by atoms with Crippen LogP contribution in [0.15, 0.2) is 60.7 Å². The molecule has 0 aromatic heterocycles. The van der Waals surface area contributed by atoms with Gasteiger partial charge in [0.2, 0.25) is 0 Å². The zero-order valence-electron chi connectivity index (χ0n) is 44.4. The largest absolute Gasteiger partial charge is 1.00 e. The van der Waals surface area contributed by atoms with Crippen molar-refractivity contribution in [2.45, 2.75) is 152 Å². The maximum atomic E-state index is 12.2. The van der Waals surface area contributed by atoms with E-state index in [0.717, 1.165) is 123 Å². The van der Waals surface area contributed by atoms with Gasteiger partial charge in [0.1, 0.15) is 11.5 Å². The van der Waals surface area contributed by atoms with Crippen molar-refractivity contribution in [3.63, 3.8) is 0 Å². The number of aliphatic carboxylic acids is 1. The van der Waals surface area contributed by atoms with Crippen molar-refractivity contribution >= 4 is 105 Å². The number of ether oxygens (including phenoxy) is 3. The molecular weight excluding hydrogens is 1150 g/mol. The normalized spacial score (nSPS) is 19.1. The van der Waals surface area contributed by atoms with Crippen molar-refractivity contribution in [2.75, 3.05) is 19.7 Å². The number of carboxylic acids is 1. The van der Waals surface area contributed by atoms with Gasteiger partial charge in [-0.15, -0.1) is 0 Å². The molecule has 3 fully saturated rings. The minimum Gasteiger partial charge on any atom is -0.550 e. The van der Waals surface area contributed by atoms with E-state index in [0.29, 0.717) is 29.1 Å². The standard InChI is InChI=1S/C29H40INO3.C21H25IO2.C4H6O4.C2H4O2.B.Na/c1-5-33-28(32)20-14-16-31(17-15-20)19-25-23-8-6-7-9-24(23)26(30)18-27(25)34-22-12-10-21(11-13-22)29(2,3)4;1-21(2,3)14-8-10-15(11-9-14)24-20-12-19(22)17-7-5-4-6-16(17)18(20)13-23;1-3(5)7-8-4(2)6;1-2(3)4;;/h6-9,18,20-22H,5,10-17,19H2,1-4H3;4-7,12-15H,8-11H2,1-3H3;1-2H3;1H3,(H,3,4);;/q;;;;;+1/p-1. The Hall–Kier alpha value is -2.97. The second kappa shape index (κ2) is 31.2. The van der Waals surface area contributed by atoms with Crippen LogP contribution in [0.25, 0.3) is 21.5 Å². The molecule has 7 rings (SSSR count). The molecule has 1 heterocycles. The quantitative estimate of drug-likeness (QED) is 0.0392. The number of piperidine rings is 1. The van der Waals surface area contributed by atoms with Crippen LogP contribution in [0.5, 0.6) is 11.5 Å². The number of aldehydes is 1. The van der Waals surface area contributed by atoms with E-state index < -0.39 is 17.9 Å². The molecule has 72 heavy (non-hydrogen) atoms. The van der Waals surface area contributed by atoms with E-state index in [1.165, 1.54) is 45.6 Å². The van der Waals surface area contributed by atoms with Crippen LogP contribution in [0.2, 0.25) is 0 Å². The fourth-order valence-electron chi connectivity index (χ4n) is 9.56. The molecule has 12 nitrogen and oxygen atoms in total. The molecular formula is C56H74BI2NNaO11. The van der Waals surface area contributed by atoms with Crippen molar-refractivity contribution in [3.8, 4) is 11.5 Å². The maximum absolute atomic E-state index is 12.2. The molecule has 0 atom stereocenters. The second-order valence-electron chi connectivity index (χ2n) is 20.7. The minimum atomic E-state index is -1.08. The minimum absolute atomic E-state index is 0. The maximum Gasteiger partial charge on any atom is 1.00 e. The van der Waals surface area contributed by atoms with Gasteiger partial charge in [-0.2, -0.15) is 0 Å². The van der Waals surface area contributed by atoms with Crippen LogP contribution in [0.1, 0.15) is 149 Å². The Morgan fingerprint density at radius 1 is 0.653 bits per heavy atom. The topological polar surface area (TPSA) is 158 Å². The van der Waals surface area contributed by atoms with Crippen molar-refractivity contribution in [2.24, 2.45) is 28.6 Å². The number of likely N-dealkylation sites (tertiary alicyclic amines) is 1. The monoisotopic (exact) mass is 1220 g/mol. The number of halogens is 2. The van der Waals surface area contributed by atoms with Crippen molar-refractivity contribution in [1.29, 1.82) is 0 Å². The summed E-state index contributed by atoms with van der Waals surface area (Å²) in [7, 11) is 0. The average molecular weight is 1220 g/mol. The Balaban J connectivity index is 0.000000406. The molecule has 0 bridgehead atoms. The van der Waals surface area contributed by atoms with Crippen molar-refractivity contribution in [1.82, 2.24) is 4.90 Å². The summed E-state index contributed by atoms with van der Waals surface area (Å²) >= 11 is 4.78. The van der Waals surface area contributed by atoms with E-state index in [2.05, 4.69) is 138 Å². The number of carbonyl (C=O) groups is 5. The van der Waals surface area contributed by atoms with Gasteiger partial charge in [-0.25, -0.2) is 19.4 Å². The molecule has 1 aliphatic heterocycles. The zero-order chi connectivity index (χ0) is 51.8. The number of hydrogen-bond acceptors (Lipinski definition) is 12. The molecule has 0 N–H and O–H groups in total. The number of rotatable bonds is 9. The van der Waals surface area contributed by atoms with Crippen LogP contribution in [0, 0.1) is 35.7 Å². The van der Waals surface area contributed by atoms with E-state index in [-0.39, 0.29) is 56.0 Å². The molecule has 0 spiro atoms. The first-order valence-corrected chi connectivity index (χ1v) is 26.8. The number of benzene rings is 4. The van der Waals surface area contributed by atoms with Gasteiger partial charge in [-0.05, 0) is 193 Å². The van der Waals surface area contributed by atoms with Gasteiger partial charge >= 0.3 is 47.5 Å². The Bertz CT molecular complexity index is 2360. The van der Waals surface area contributed by atoms with Crippen LogP contribution in [-0.4, -0.2) is 75.4 Å². The molecule has 2 saturated carbocycles. The Morgan fingerprint density at radius 2 is 1.04 bits per heavy atom. The second-order valence-corrected chi connectivity index (χ2v) is 23.0. The van der Waals surface area contributed by atoms with Crippen LogP contribution in [0.4, 0.5) is 0 Å². The van der Waals surface area contributed by atoms with E-state index in [1.54, 1.807) is 0 Å². The van der Waals surface area contributed by atoms with E-state index in [1.807, 2.05) is 31.2 Å². The third-order valence-corrected chi connectivity index (χ3v) is 15.2. The summed E-state index contributed by atoms with van der Waals surface area (Å²) < 4.78 is 20.7. The first kappa shape index (κ1) is 65.1. The van der Waals surface area contributed by atoms with Crippen LogP contribution < -0.4 is 44.1 Å². The van der Waals surface area contributed by atoms with E-state index in [4.69, 9.17) is 24.1 Å².